The Morgan fingerprint density at radius 3 is 2.45 bits per heavy atom. The number of alkyl halides is 1. The van der Waals surface area contributed by atoms with E-state index in [0.717, 1.165) is 0 Å². The monoisotopic (exact) mass is 431 g/mol. The van der Waals surface area contributed by atoms with Gasteiger partial charge in [0.2, 0.25) is 5.91 Å². The number of hydrogen-bond donors (Lipinski definition) is 0. The molecule has 3 rings (SSSR count). The van der Waals surface area contributed by atoms with E-state index >= 15 is 0 Å². The molecule has 0 bridgehead atoms. The minimum atomic E-state index is -0.739. The Morgan fingerprint density at radius 2 is 1.79 bits per heavy atom. The first-order chi connectivity index (χ1) is 13.7. The van der Waals surface area contributed by atoms with E-state index in [-0.39, 0.29) is 17.3 Å². The fourth-order valence-electron chi connectivity index (χ4n) is 3.18. The summed E-state index contributed by atoms with van der Waals surface area (Å²) in [6.07, 6.45) is 0. The van der Waals surface area contributed by atoms with Gasteiger partial charge in [-0.25, -0.2) is 4.98 Å². The van der Waals surface area contributed by atoms with Gasteiger partial charge in [-0.1, -0.05) is 35.9 Å². The molecule has 2 aromatic carbocycles. The first-order valence-electron chi connectivity index (χ1n) is 9.29. The zero-order valence-corrected chi connectivity index (χ0v) is 18.3. The van der Waals surface area contributed by atoms with Crippen molar-refractivity contribution in [2.24, 2.45) is 5.41 Å². The van der Waals surface area contributed by atoms with Crippen molar-refractivity contribution in [3.63, 3.8) is 0 Å². The van der Waals surface area contributed by atoms with Gasteiger partial charge in [0.1, 0.15) is 5.82 Å². The molecule has 0 saturated carbocycles. The molecule has 1 atom stereocenters. The largest absolute Gasteiger partial charge is 0.335 e. The van der Waals surface area contributed by atoms with Crippen LogP contribution in [0, 0.1) is 5.41 Å². The van der Waals surface area contributed by atoms with Crippen molar-refractivity contribution in [3.8, 4) is 5.69 Å². The van der Waals surface area contributed by atoms with E-state index in [0.29, 0.717) is 27.4 Å². The normalized spacial score (nSPS) is 12.8. The van der Waals surface area contributed by atoms with Gasteiger partial charge in [-0.15, -0.1) is 11.6 Å². The van der Waals surface area contributed by atoms with Gasteiger partial charge in [0.15, 0.2) is 0 Å². The molecule has 152 valence electrons. The predicted octanol–water partition coefficient (Wildman–Crippen LogP) is 4.82. The van der Waals surface area contributed by atoms with Gasteiger partial charge in [0.05, 0.1) is 33.1 Å². The number of para-hydroxylation sites is 2. The quantitative estimate of drug-likeness (QED) is 0.543. The molecule has 5 nitrogen and oxygen atoms in total. The standard InChI is InChI=1S/C22H23Cl2N3O2/c1-14(26(4)21(29)22(2,3)13-23)19-25-17-11-7-5-9-15(17)20(28)27(19)18-12-8-6-10-16(18)24/h5-12,14H,13H2,1-4H3. The van der Waals surface area contributed by atoms with Gasteiger partial charge in [-0.05, 0) is 45.0 Å². The van der Waals surface area contributed by atoms with Crippen molar-refractivity contribution in [2.45, 2.75) is 26.8 Å². The van der Waals surface area contributed by atoms with Crippen LogP contribution in [0.4, 0.5) is 0 Å². The second-order valence-electron chi connectivity index (χ2n) is 7.69. The van der Waals surface area contributed by atoms with Gasteiger partial charge in [0, 0.05) is 12.9 Å². The van der Waals surface area contributed by atoms with Gasteiger partial charge >= 0.3 is 0 Å². The summed E-state index contributed by atoms with van der Waals surface area (Å²) in [7, 11) is 1.69. The van der Waals surface area contributed by atoms with E-state index in [4.69, 9.17) is 28.2 Å². The molecule has 0 aliphatic rings. The molecule has 7 heteroatoms. The third kappa shape index (κ3) is 3.89. The number of fused-ring (bicyclic) bond motifs is 1. The molecular weight excluding hydrogens is 409 g/mol. The van der Waals surface area contributed by atoms with Crippen molar-refractivity contribution in [3.05, 3.63) is 69.7 Å². The van der Waals surface area contributed by atoms with Crippen molar-refractivity contribution in [2.75, 3.05) is 12.9 Å². The Bertz CT molecular complexity index is 1120. The lowest BCUT2D eigenvalue weighted by molar-refractivity contribution is -0.140. The van der Waals surface area contributed by atoms with Gasteiger partial charge in [-0.3, -0.25) is 14.2 Å². The molecule has 3 aromatic rings. The van der Waals surface area contributed by atoms with E-state index in [2.05, 4.69) is 0 Å². The maximum absolute atomic E-state index is 13.4. The molecule has 1 aromatic heterocycles. The highest BCUT2D eigenvalue weighted by Crippen LogP contribution is 2.29. The molecule has 0 spiro atoms. The Hall–Kier alpha value is -2.37. The van der Waals surface area contributed by atoms with E-state index in [1.165, 1.54) is 4.57 Å². The summed E-state index contributed by atoms with van der Waals surface area (Å²) < 4.78 is 1.49. The number of aromatic nitrogens is 2. The molecule has 0 fully saturated rings. The number of hydrogen-bond acceptors (Lipinski definition) is 3. The molecule has 0 aliphatic heterocycles. The second kappa shape index (κ2) is 8.17. The van der Waals surface area contributed by atoms with E-state index in [9.17, 15) is 9.59 Å². The molecular formula is C22H23Cl2N3O2. The van der Waals surface area contributed by atoms with Crippen LogP contribution in [-0.2, 0) is 4.79 Å². The lowest BCUT2D eigenvalue weighted by Crippen LogP contribution is -2.42. The Balaban J connectivity index is 2.26. The van der Waals surface area contributed by atoms with Gasteiger partial charge in [0.25, 0.3) is 5.56 Å². The van der Waals surface area contributed by atoms with Crippen molar-refractivity contribution in [1.82, 2.24) is 14.5 Å². The third-order valence-corrected chi connectivity index (χ3v) is 6.07. The Kier molecular flexibility index (Phi) is 6.01. The first kappa shape index (κ1) is 21.3. The summed E-state index contributed by atoms with van der Waals surface area (Å²) in [5.41, 5.74) is 0.122. The number of nitrogens with zero attached hydrogens (tertiary/aromatic N) is 3. The summed E-state index contributed by atoms with van der Waals surface area (Å²) in [5.74, 6) is 0.488. The smallest absolute Gasteiger partial charge is 0.266 e. The average molecular weight is 432 g/mol. The summed E-state index contributed by atoms with van der Waals surface area (Å²) in [4.78, 5) is 32.7. The van der Waals surface area contributed by atoms with Crippen LogP contribution < -0.4 is 5.56 Å². The highest BCUT2D eigenvalue weighted by atomic mass is 35.5. The van der Waals surface area contributed by atoms with Crippen LogP contribution in [-0.4, -0.2) is 33.3 Å². The molecule has 0 radical (unpaired) electrons. The van der Waals surface area contributed by atoms with Gasteiger partial charge in [-0.2, -0.15) is 0 Å². The number of carbonyl (C=O) groups excluding carboxylic acids is 1. The van der Waals surface area contributed by atoms with Crippen LogP contribution in [0.3, 0.4) is 0 Å². The molecule has 1 amide bonds. The summed E-state index contributed by atoms with van der Waals surface area (Å²) in [5, 5.41) is 0.911. The summed E-state index contributed by atoms with van der Waals surface area (Å²) in [6, 6.07) is 13.7. The van der Waals surface area contributed by atoms with Crippen LogP contribution in [0.25, 0.3) is 16.6 Å². The Labute approximate surface area is 179 Å². The number of benzene rings is 2. The minimum Gasteiger partial charge on any atom is -0.335 e. The molecule has 1 unspecified atom stereocenters. The maximum atomic E-state index is 13.4. The molecule has 0 saturated heterocycles. The van der Waals surface area contributed by atoms with Crippen LogP contribution in [0.1, 0.15) is 32.6 Å². The third-order valence-electron chi connectivity index (χ3n) is 5.08. The van der Waals surface area contributed by atoms with Crippen molar-refractivity contribution < 1.29 is 4.79 Å². The number of carbonyl (C=O) groups is 1. The van der Waals surface area contributed by atoms with Crippen LogP contribution in [0.15, 0.2) is 53.3 Å². The summed E-state index contributed by atoms with van der Waals surface area (Å²) in [6.45, 7) is 5.42. The van der Waals surface area contributed by atoms with Gasteiger partial charge < -0.3 is 4.90 Å². The molecule has 29 heavy (non-hydrogen) atoms. The van der Waals surface area contributed by atoms with Crippen LogP contribution in [0.2, 0.25) is 5.02 Å². The minimum absolute atomic E-state index is 0.131. The first-order valence-corrected chi connectivity index (χ1v) is 10.2. The average Bonchev–Trinajstić information content (AvgIpc) is 2.72. The van der Waals surface area contributed by atoms with E-state index in [1.807, 2.05) is 19.1 Å². The highest BCUT2D eigenvalue weighted by Gasteiger charge is 2.33. The number of rotatable bonds is 5. The fraction of sp³-hybridized carbons (Fsp3) is 0.318. The Morgan fingerprint density at radius 1 is 1.17 bits per heavy atom. The second-order valence-corrected chi connectivity index (χ2v) is 8.36. The highest BCUT2D eigenvalue weighted by molar-refractivity contribution is 6.32. The summed E-state index contributed by atoms with van der Waals surface area (Å²) >= 11 is 12.4. The lowest BCUT2D eigenvalue weighted by Gasteiger charge is -2.32. The molecule has 0 aliphatic carbocycles. The van der Waals surface area contributed by atoms with Crippen LogP contribution >= 0.6 is 23.2 Å². The van der Waals surface area contributed by atoms with Crippen LogP contribution in [0.5, 0.6) is 0 Å². The van der Waals surface area contributed by atoms with E-state index < -0.39 is 11.5 Å². The SMILES string of the molecule is CC(c1nc2ccccc2c(=O)n1-c1ccccc1Cl)N(C)C(=O)C(C)(C)CCl. The predicted molar refractivity (Wildman–Crippen MR) is 118 cm³/mol. The number of halogens is 2. The maximum Gasteiger partial charge on any atom is 0.266 e. The molecule has 1 heterocycles. The van der Waals surface area contributed by atoms with E-state index in [1.54, 1.807) is 62.2 Å². The van der Waals surface area contributed by atoms with Crippen molar-refractivity contribution >= 4 is 40.0 Å². The zero-order chi connectivity index (χ0) is 21.3. The molecule has 0 N–H and O–H groups in total. The topological polar surface area (TPSA) is 55.2 Å². The lowest BCUT2D eigenvalue weighted by atomic mass is 9.94. The zero-order valence-electron chi connectivity index (χ0n) is 16.8. The van der Waals surface area contributed by atoms with Crippen molar-refractivity contribution in [1.29, 1.82) is 0 Å². The number of amides is 1. The fourth-order valence-corrected chi connectivity index (χ4v) is 3.51.